The third kappa shape index (κ3) is 4.57. The van der Waals surface area contributed by atoms with E-state index in [-0.39, 0.29) is 37.2 Å². The second-order valence-electron chi connectivity index (χ2n) is 4.59. The number of hydrogen-bond donors (Lipinski definition) is 0. The van der Waals surface area contributed by atoms with E-state index in [1.807, 2.05) is 0 Å². The van der Waals surface area contributed by atoms with E-state index in [1.165, 1.54) is 25.3 Å². The Morgan fingerprint density at radius 3 is 2.44 bits per heavy atom. The van der Waals surface area contributed by atoms with Crippen molar-refractivity contribution in [3.05, 3.63) is 37.8 Å². The van der Waals surface area contributed by atoms with Crippen LogP contribution in [0.2, 0.25) is 15.1 Å². The minimum atomic E-state index is -3.08. The molecule has 1 aromatic carbocycles. The fourth-order valence-corrected chi connectivity index (χ4v) is 2.92. The Kier molecular flexibility index (Phi) is 6.56. The van der Waals surface area contributed by atoms with Crippen LogP contribution in [0.1, 0.15) is 5.56 Å². The van der Waals surface area contributed by atoms with Gasteiger partial charge in [-0.2, -0.15) is 13.9 Å². The quantitative estimate of drug-likeness (QED) is 0.415. The molecule has 0 aliphatic heterocycles. The summed E-state index contributed by atoms with van der Waals surface area (Å²) in [7, 11) is 1.38. The van der Waals surface area contributed by atoms with Crippen molar-refractivity contribution < 1.29 is 18.3 Å². The zero-order valence-electron chi connectivity index (χ0n) is 12.2. The number of hydrogen-bond acceptors (Lipinski definition) is 3. The van der Waals surface area contributed by atoms with Crippen molar-refractivity contribution in [2.45, 2.75) is 6.61 Å². The van der Waals surface area contributed by atoms with E-state index in [2.05, 4.69) is 9.84 Å². The summed E-state index contributed by atoms with van der Waals surface area (Å²) in [5, 5.41) is 3.05. The highest BCUT2D eigenvalue weighted by molar-refractivity contribution is 6.74. The molecule has 0 amide bonds. The summed E-state index contributed by atoms with van der Waals surface area (Å²) in [5.74, 6) is -0.330. The maximum Gasteiger partial charge on any atom is 0.388 e. The molecule has 0 radical (unpaired) electrons. The van der Waals surface area contributed by atoms with Crippen molar-refractivity contribution in [2.75, 3.05) is 0 Å². The third-order valence-electron chi connectivity index (χ3n) is 2.95. The van der Waals surface area contributed by atoms with Crippen molar-refractivity contribution in [3.63, 3.8) is 0 Å². The van der Waals surface area contributed by atoms with E-state index in [1.54, 1.807) is 0 Å². The second-order valence-corrected chi connectivity index (χ2v) is 6.53. The van der Waals surface area contributed by atoms with Gasteiger partial charge in [0.05, 0.1) is 5.02 Å². The number of benzene rings is 1. The average Bonchev–Trinajstić information content (AvgIpc) is 2.77. The second kappa shape index (κ2) is 8.10. The summed E-state index contributed by atoms with van der Waals surface area (Å²) in [6.45, 7) is -3.08. The van der Waals surface area contributed by atoms with Crippen molar-refractivity contribution in [2.24, 2.45) is 7.05 Å². The Morgan fingerprint density at radius 2 is 1.88 bits per heavy atom. The lowest BCUT2D eigenvalue weighted by Gasteiger charge is -2.07. The van der Waals surface area contributed by atoms with Crippen LogP contribution in [0.3, 0.4) is 0 Å². The number of carbonyl (C=O) groups excluding carboxylic acids is 1. The highest BCUT2D eigenvalue weighted by atomic mass is 35.5. The molecule has 0 N–H and O–H groups in total. The number of halogens is 7. The number of carbonyl (C=O) groups is 1. The first-order valence-corrected chi connectivity index (χ1v) is 8.24. The first-order valence-electron chi connectivity index (χ1n) is 6.35. The molecular weight excluding hydrogens is 443 g/mol. The third-order valence-corrected chi connectivity index (χ3v) is 4.51. The molecule has 2 aromatic rings. The number of ether oxygens (including phenoxy) is 1. The monoisotopic (exact) mass is 448 g/mol. The van der Waals surface area contributed by atoms with Crippen molar-refractivity contribution in [3.8, 4) is 17.1 Å². The fourth-order valence-electron chi connectivity index (χ4n) is 1.92. The van der Waals surface area contributed by atoms with Crippen LogP contribution in [0, 0.1) is 0 Å². The summed E-state index contributed by atoms with van der Waals surface area (Å²) < 4.78 is 30.3. The summed E-state index contributed by atoms with van der Waals surface area (Å²) >= 11 is 29.3. The molecule has 0 atom stereocenters. The van der Waals surface area contributed by atoms with Gasteiger partial charge in [0, 0.05) is 17.6 Å². The summed E-state index contributed by atoms with van der Waals surface area (Å²) in [6.07, 6.45) is 1.23. The van der Waals surface area contributed by atoms with Gasteiger partial charge in [0.2, 0.25) is 5.88 Å². The number of aromatic nitrogens is 2. The molecule has 0 unspecified atom stereocenters. The number of nitrogens with zero attached hydrogens (tertiary/aromatic N) is 2. The predicted octanol–water partition coefficient (Wildman–Crippen LogP) is 5.99. The zero-order chi connectivity index (χ0) is 18.9. The number of alkyl halides is 2. The van der Waals surface area contributed by atoms with Gasteiger partial charge >= 0.3 is 6.61 Å². The molecule has 1 heterocycles. The summed E-state index contributed by atoms with van der Waals surface area (Å²) in [5.41, 5.74) is 0.663. The van der Waals surface area contributed by atoms with Gasteiger partial charge < -0.3 is 4.74 Å². The van der Waals surface area contributed by atoms with Crippen LogP contribution >= 0.6 is 58.0 Å². The molecule has 0 saturated carbocycles. The standard InChI is InChI=1S/C14H7Cl5F2N2O2/c1-23-13(25-14(20)21)10(18)11(22-23)6-2-5(3-9(17)12(19)24)7(15)4-8(6)16/h2-4,14H,1H3/b9-3-. The van der Waals surface area contributed by atoms with E-state index in [0.717, 1.165) is 4.68 Å². The van der Waals surface area contributed by atoms with Gasteiger partial charge in [-0.3, -0.25) is 4.79 Å². The Balaban J connectivity index is 2.61. The van der Waals surface area contributed by atoms with Crippen molar-refractivity contribution in [1.29, 1.82) is 0 Å². The van der Waals surface area contributed by atoms with E-state index in [4.69, 9.17) is 58.0 Å². The van der Waals surface area contributed by atoms with E-state index < -0.39 is 11.9 Å². The van der Waals surface area contributed by atoms with E-state index in [0.29, 0.717) is 5.56 Å². The van der Waals surface area contributed by atoms with Crippen molar-refractivity contribution >= 4 is 69.3 Å². The van der Waals surface area contributed by atoms with E-state index in [9.17, 15) is 13.6 Å². The van der Waals surface area contributed by atoms with Gasteiger partial charge in [-0.25, -0.2) is 4.68 Å². The van der Waals surface area contributed by atoms with E-state index >= 15 is 0 Å². The SMILES string of the molecule is Cn1nc(-c2cc(/C=C(\Cl)C(=O)Cl)c(Cl)cc2Cl)c(Cl)c1OC(F)F. The number of rotatable bonds is 5. The molecule has 0 fully saturated rings. The molecule has 0 aliphatic rings. The highest BCUT2D eigenvalue weighted by Gasteiger charge is 2.22. The van der Waals surface area contributed by atoms with Gasteiger partial charge in [0.15, 0.2) is 0 Å². The first kappa shape index (κ1) is 20.3. The van der Waals surface area contributed by atoms with Gasteiger partial charge in [-0.1, -0.05) is 46.4 Å². The highest BCUT2D eigenvalue weighted by Crippen LogP contribution is 2.40. The molecule has 0 bridgehead atoms. The maximum absolute atomic E-state index is 12.5. The predicted molar refractivity (Wildman–Crippen MR) is 95.0 cm³/mol. The van der Waals surface area contributed by atoms with Crippen LogP contribution in [0.5, 0.6) is 5.88 Å². The van der Waals surface area contributed by atoms with Gasteiger partial charge in [0.1, 0.15) is 15.7 Å². The van der Waals surface area contributed by atoms with Crippen molar-refractivity contribution in [1.82, 2.24) is 9.78 Å². The molecule has 1 aromatic heterocycles. The van der Waals surface area contributed by atoms with Gasteiger partial charge in [-0.05, 0) is 35.4 Å². The smallest absolute Gasteiger partial charge is 0.388 e. The minimum Gasteiger partial charge on any atom is -0.416 e. The molecule has 0 saturated heterocycles. The zero-order valence-corrected chi connectivity index (χ0v) is 15.9. The Bertz CT molecular complexity index is 867. The Morgan fingerprint density at radius 1 is 1.24 bits per heavy atom. The lowest BCUT2D eigenvalue weighted by Crippen LogP contribution is -2.06. The van der Waals surface area contributed by atoms with Crippen LogP contribution in [0.15, 0.2) is 17.2 Å². The van der Waals surface area contributed by atoms with Crippen LogP contribution in [0.4, 0.5) is 8.78 Å². The van der Waals surface area contributed by atoms with Gasteiger partial charge in [-0.15, -0.1) is 0 Å². The maximum atomic E-state index is 12.5. The van der Waals surface area contributed by atoms with Crippen LogP contribution in [-0.2, 0) is 11.8 Å². The molecule has 134 valence electrons. The fraction of sp³-hybridized carbons (Fsp3) is 0.143. The normalized spacial score (nSPS) is 12.0. The Hall–Kier alpha value is -1.05. The lowest BCUT2D eigenvalue weighted by molar-refractivity contribution is -0.108. The first-order chi connectivity index (χ1) is 11.6. The number of allylic oxidation sites excluding steroid dienone is 1. The molecule has 0 aliphatic carbocycles. The minimum absolute atomic E-state index is 0.0875. The topological polar surface area (TPSA) is 44.1 Å². The molecule has 2 rings (SSSR count). The van der Waals surface area contributed by atoms with Crippen LogP contribution in [-0.4, -0.2) is 21.6 Å². The molecule has 4 nitrogen and oxygen atoms in total. The molecule has 11 heteroatoms. The summed E-state index contributed by atoms with van der Waals surface area (Å²) in [6, 6.07) is 2.80. The van der Waals surface area contributed by atoms with Crippen LogP contribution < -0.4 is 4.74 Å². The largest absolute Gasteiger partial charge is 0.416 e. The van der Waals surface area contributed by atoms with Gasteiger partial charge in [0.25, 0.3) is 5.24 Å². The lowest BCUT2D eigenvalue weighted by atomic mass is 10.1. The number of aryl methyl sites for hydroxylation is 1. The molecular formula is C14H7Cl5F2N2O2. The average molecular weight is 450 g/mol. The molecule has 0 spiro atoms. The summed E-state index contributed by atoms with van der Waals surface area (Å²) in [4.78, 5) is 11.1. The molecule has 25 heavy (non-hydrogen) atoms. The van der Waals surface area contributed by atoms with Crippen LogP contribution in [0.25, 0.3) is 17.3 Å². The Labute approximate surface area is 165 Å².